The Morgan fingerprint density at radius 3 is 2.59 bits per heavy atom. The normalized spacial score (nSPS) is 17.9. The van der Waals surface area contributed by atoms with Crippen molar-refractivity contribution in [2.75, 3.05) is 39.5 Å². The van der Waals surface area contributed by atoms with Gasteiger partial charge in [-0.2, -0.15) is 0 Å². The molecule has 6 heteroatoms. The van der Waals surface area contributed by atoms with Gasteiger partial charge in [-0.15, -0.1) is 0 Å². The van der Waals surface area contributed by atoms with Crippen LogP contribution in [0.3, 0.4) is 0 Å². The maximum Gasteiger partial charge on any atom is 0.234 e. The number of ether oxygens (including phenoxy) is 2. The molecule has 4 rings (SSSR count). The minimum absolute atomic E-state index is 0.0577. The van der Waals surface area contributed by atoms with E-state index in [2.05, 4.69) is 46.3 Å². The molecule has 1 saturated heterocycles. The van der Waals surface area contributed by atoms with E-state index >= 15 is 0 Å². The van der Waals surface area contributed by atoms with Crippen LogP contribution in [0.25, 0.3) is 0 Å². The van der Waals surface area contributed by atoms with Gasteiger partial charge in [0.25, 0.3) is 0 Å². The first kappa shape index (κ1) is 19.7. The highest BCUT2D eigenvalue weighted by molar-refractivity contribution is 5.78. The summed E-state index contributed by atoms with van der Waals surface area (Å²) in [5, 5.41) is 3.10. The molecule has 0 bridgehead atoms. The summed E-state index contributed by atoms with van der Waals surface area (Å²) in [4.78, 5) is 17.2. The van der Waals surface area contributed by atoms with Crippen molar-refractivity contribution in [3.8, 4) is 11.5 Å². The fraction of sp³-hybridized carbons (Fsp3) is 0.435. The number of carbonyl (C=O) groups is 1. The van der Waals surface area contributed by atoms with E-state index in [0.29, 0.717) is 6.54 Å². The maximum atomic E-state index is 12.5. The highest BCUT2D eigenvalue weighted by Crippen LogP contribution is 2.34. The molecule has 2 aliphatic heterocycles. The lowest BCUT2D eigenvalue weighted by Gasteiger charge is -2.34. The second-order valence-electron chi connectivity index (χ2n) is 7.94. The highest BCUT2D eigenvalue weighted by Gasteiger charge is 2.21. The van der Waals surface area contributed by atoms with Gasteiger partial charge < -0.3 is 14.8 Å². The molecular formula is C23H29N3O3. The first-order valence-electron chi connectivity index (χ1n) is 10.3. The summed E-state index contributed by atoms with van der Waals surface area (Å²) in [6.07, 6.45) is 0. The number of nitrogens with one attached hydrogen (secondary N) is 1. The molecule has 29 heavy (non-hydrogen) atoms. The minimum atomic E-state index is -0.0698. The minimum Gasteiger partial charge on any atom is -0.454 e. The Morgan fingerprint density at radius 1 is 1.03 bits per heavy atom. The van der Waals surface area contributed by atoms with Gasteiger partial charge in [0.2, 0.25) is 12.7 Å². The number of rotatable bonds is 6. The summed E-state index contributed by atoms with van der Waals surface area (Å²) in [5.41, 5.74) is 3.67. The Morgan fingerprint density at radius 2 is 1.79 bits per heavy atom. The average Bonchev–Trinajstić information content (AvgIpc) is 3.17. The van der Waals surface area contributed by atoms with Crippen LogP contribution in [-0.2, 0) is 11.3 Å². The molecule has 2 aromatic carbocycles. The van der Waals surface area contributed by atoms with Crippen molar-refractivity contribution in [1.82, 2.24) is 15.1 Å². The average molecular weight is 396 g/mol. The number of carbonyl (C=O) groups excluding carboxylic acids is 1. The summed E-state index contributed by atoms with van der Waals surface area (Å²) in [6, 6.07) is 14.4. The second kappa shape index (κ2) is 8.84. The Bertz CT molecular complexity index is 862. The number of fused-ring (bicyclic) bond motifs is 1. The van der Waals surface area contributed by atoms with Crippen LogP contribution in [0.1, 0.15) is 29.7 Å². The molecule has 0 unspecified atom stereocenters. The van der Waals surface area contributed by atoms with Gasteiger partial charge in [-0.25, -0.2) is 0 Å². The second-order valence-corrected chi connectivity index (χ2v) is 7.94. The first-order valence-corrected chi connectivity index (χ1v) is 10.3. The molecule has 6 nitrogen and oxygen atoms in total. The number of nitrogens with zero attached hydrogens (tertiary/aromatic N) is 2. The molecule has 0 spiro atoms. The zero-order valence-electron chi connectivity index (χ0n) is 17.2. The number of amides is 1. The van der Waals surface area contributed by atoms with E-state index in [1.165, 1.54) is 11.1 Å². The lowest BCUT2D eigenvalue weighted by Crippen LogP contribution is -2.49. The van der Waals surface area contributed by atoms with E-state index in [-0.39, 0.29) is 18.7 Å². The Kier molecular flexibility index (Phi) is 6.02. The van der Waals surface area contributed by atoms with Gasteiger partial charge in [0, 0.05) is 32.7 Å². The molecule has 0 radical (unpaired) electrons. The lowest BCUT2D eigenvalue weighted by atomic mass is 10.1. The fourth-order valence-electron chi connectivity index (χ4n) is 3.93. The summed E-state index contributed by atoms with van der Waals surface area (Å²) in [6.45, 7) is 9.60. The van der Waals surface area contributed by atoms with E-state index in [1.807, 2.05) is 25.1 Å². The Labute approximate surface area is 172 Å². The van der Waals surface area contributed by atoms with Crippen LogP contribution < -0.4 is 14.8 Å². The highest BCUT2D eigenvalue weighted by atomic mass is 16.7. The van der Waals surface area contributed by atoms with Gasteiger partial charge in [-0.3, -0.25) is 14.6 Å². The van der Waals surface area contributed by atoms with Gasteiger partial charge in [0.15, 0.2) is 11.5 Å². The molecule has 0 aliphatic carbocycles. The molecule has 1 N–H and O–H groups in total. The first-order chi connectivity index (χ1) is 14.1. The van der Waals surface area contributed by atoms with Crippen LogP contribution >= 0.6 is 0 Å². The monoisotopic (exact) mass is 395 g/mol. The van der Waals surface area contributed by atoms with Gasteiger partial charge in [0.1, 0.15) is 0 Å². The largest absolute Gasteiger partial charge is 0.454 e. The van der Waals surface area contributed by atoms with Crippen molar-refractivity contribution in [2.24, 2.45) is 0 Å². The SMILES string of the molecule is Cc1cccc(CN2CCN(CC(=O)N[C@H](C)c3ccc4c(c3)OCO4)CC2)c1. The van der Waals surface area contributed by atoms with Gasteiger partial charge in [0.05, 0.1) is 12.6 Å². The van der Waals surface area contributed by atoms with Crippen molar-refractivity contribution < 1.29 is 14.3 Å². The smallest absolute Gasteiger partial charge is 0.234 e. The topological polar surface area (TPSA) is 54.0 Å². The molecular weight excluding hydrogens is 366 g/mol. The maximum absolute atomic E-state index is 12.5. The van der Waals surface area contributed by atoms with Crippen LogP contribution in [0.15, 0.2) is 42.5 Å². The molecule has 1 atom stereocenters. The molecule has 2 aromatic rings. The van der Waals surface area contributed by atoms with Crippen LogP contribution in [0.5, 0.6) is 11.5 Å². The Hall–Kier alpha value is -2.57. The van der Waals surface area contributed by atoms with Crippen molar-refractivity contribution in [3.63, 3.8) is 0 Å². The predicted octanol–water partition coefficient (Wildman–Crippen LogP) is 2.72. The zero-order valence-corrected chi connectivity index (χ0v) is 17.2. The molecule has 1 fully saturated rings. The van der Waals surface area contributed by atoms with Gasteiger partial charge >= 0.3 is 0 Å². The van der Waals surface area contributed by atoms with Crippen LogP contribution in [0.2, 0.25) is 0 Å². The molecule has 1 amide bonds. The van der Waals surface area contributed by atoms with Crippen LogP contribution in [-0.4, -0.2) is 55.2 Å². The van der Waals surface area contributed by atoms with Gasteiger partial charge in [-0.1, -0.05) is 35.9 Å². The summed E-state index contributed by atoms with van der Waals surface area (Å²) >= 11 is 0. The van der Waals surface area contributed by atoms with Crippen molar-refractivity contribution in [2.45, 2.75) is 26.4 Å². The summed E-state index contributed by atoms with van der Waals surface area (Å²) in [7, 11) is 0. The third kappa shape index (κ3) is 5.08. The predicted molar refractivity (Wildman–Crippen MR) is 112 cm³/mol. The standard InChI is InChI=1S/C23H29N3O3/c1-17-4-3-5-19(12-17)14-25-8-10-26(11-9-25)15-23(27)24-18(2)20-6-7-21-22(13-20)29-16-28-21/h3-7,12-13,18H,8-11,14-16H2,1-2H3,(H,24,27)/t18-/m1/s1. The quantitative estimate of drug-likeness (QED) is 0.815. The third-order valence-corrected chi connectivity index (χ3v) is 5.59. The number of hydrogen-bond acceptors (Lipinski definition) is 5. The zero-order chi connectivity index (χ0) is 20.2. The van der Waals surface area contributed by atoms with Crippen molar-refractivity contribution in [3.05, 3.63) is 59.2 Å². The number of aryl methyl sites for hydroxylation is 1. The van der Waals surface area contributed by atoms with Crippen LogP contribution in [0.4, 0.5) is 0 Å². The number of benzene rings is 2. The van der Waals surface area contributed by atoms with E-state index < -0.39 is 0 Å². The Balaban J connectivity index is 1.22. The van der Waals surface area contributed by atoms with Gasteiger partial charge in [-0.05, 0) is 37.1 Å². The molecule has 0 aromatic heterocycles. The third-order valence-electron chi connectivity index (χ3n) is 5.59. The van der Waals surface area contributed by atoms with E-state index in [1.54, 1.807) is 0 Å². The van der Waals surface area contributed by atoms with E-state index in [0.717, 1.165) is 49.8 Å². The van der Waals surface area contributed by atoms with E-state index in [4.69, 9.17) is 9.47 Å². The fourth-order valence-corrected chi connectivity index (χ4v) is 3.93. The lowest BCUT2D eigenvalue weighted by molar-refractivity contribution is -0.123. The summed E-state index contributed by atoms with van der Waals surface area (Å²) < 4.78 is 10.8. The number of hydrogen-bond donors (Lipinski definition) is 1. The van der Waals surface area contributed by atoms with Crippen molar-refractivity contribution >= 4 is 5.91 Å². The molecule has 2 aliphatic rings. The van der Waals surface area contributed by atoms with Crippen LogP contribution in [0, 0.1) is 6.92 Å². The molecule has 154 valence electrons. The molecule has 2 heterocycles. The summed E-state index contributed by atoms with van der Waals surface area (Å²) in [5.74, 6) is 1.56. The van der Waals surface area contributed by atoms with E-state index in [9.17, 15) is 4.79 Å². The molecule has 0 saturated carbocycles. The number of piperazine rings is 1. The van der Waals surface area contributed by atoms with Crippen molar-refractivity contribution in [1.29, 1.82) is 0 Å².